The molecular formula is C17H22ClN5OS. The molecule has 0 atom stereocenters. The highest BCUT2D eigenvalue weighted by atomic mass is 35.5. The molecule has 134 valence electrons. The third kappa shape index (κ3) is 4.89. The molecule has 3 N–H and O–H groups in total. The van der Waals surface area contributed by atoms with Crippen LogP contribution in [0.2, 0.25) is 5.02 Å². The Bertz CT molecular complexity index is 728. The van der Waals surface area contributed by atoms with E-state index >= 15 is 0 Å². The Balaban J connectivity index is 1.57. The second kappa shape index (κ2) is 8.58. The predicted molar refractivity (Wildman–Crippen MR) is 101 cm³/mol. The third-order valence-corrected chi connectivity index (χ3v) is 5.48. The first-order valence-corrected chi connectivity index (χ1v) is 9.88. The molecule has 0 aliphatic heterocycles. The monoisotopic (exact) mass is 379 g/mol. The lowest BCUT2D eigenvalue weighted by atomic mass is 10.1. The standard InChI is InChI=1S/C17H22ClN5OS/c18-13-7-5-6-12(10-13)16-21-22-17(23(16)19)25-11-15(24)20-14-8-3-1-2-4-9-14/h5-7,10,14H,1-4,8-9,11,19H2,(H,20,24). The van der Waals surface area contributed by atoms with Crippen LogP contribution < -0.4 is 11.2 Å². The van der Waals surface area contributed by atoms with Gasteiger partial charge in [0, 0.05) is 16.6 Å². The zero-order valence-electron chi connectivity index (χ0n) is 13.9. The van der Waals surface area contributed by atoms with Crippen LogP contribution in [0.25, 0.3) is 11.4 Å². The molecule has 3 rings (SSSR count). The van der Waals surface area contributed by atoms with Crippen molar-refractivity contribution in [1.29, 1.82) is 0 Å². The van der Waals surface area contributed by atoms with Crippen LogP contribution in [-0.2, 0) is 4.79 Å². The number of carbonyl (C=O) groups is 1. The van der Waals surface area contributed by atoms with Crippen LogP contribution in [0.4, 0.5) is 0 Å². The quantitative estimate of drug-likeness (QED) is 0.473. The van der Waals surface area contributed by atoms with Crippen LogP contribution in [0.5, 0.6) is 0 Å². The van der Waals surface area contributed by atoms with Crippen molar-refractivity contribution < 1.29 is 4.79 Å². The van der Waals surface area contributed by atoms with E-state index in [4.69, 9.17) is 17.4 Å². The van der Waals surface area contributed by atoms with Gasteiger partial charge >= 0.3 is 0 Å². The maximum atomic E-state index is 12.2. The lowest BCUT2D eigenvalue weighted by molar-refractivity contribution is -0.119. The van der Waals surface area contributed by atoms with Gasteiger partial charge in [-0.1, -0.05) is 61.2 Å². The van der Waals surface area contributed by atoms with Gasteiger partial charge in [0.05, 0.1) is 5.75 Å². The number of nitrogen functional groups attached to an aromatic ring is 1. The van der Waals surface area contributed by atoms with E-state index in [1.54, 1.807) is 12.1 Å². The van der Waals surface area contributed by atoms with E-state index in [2.05, 4.69) is 15.5 Å². The van der Waals surface area contributed by atoms with E-state index in [1.165, 1.54) is 42.1 Å². The number of carbonyl (C=O) groups excluding carboxylic acids is 1. The van der Waals surface area contributed by atoms with E-state index in [0.29, 0.717) is 22.0 Å². The van der Waals surface area contributed by atoms with E-state index in [0.717, 1.165) is 18.4 Å². The average molecular weight is 380 g/mol. The van der Waals surface area contributed by atoms with E-state index < -0.39 is 0 Å². The summed E-state index contributed by atoms with van der Waals surface area (Å²) in [6, 6.07) is 7.57. The van der Waals surface area contributed by atoms with Gasteiger partial charge in [-0.3, -0.25) is 4.79 Å². The van der Waals surface area contributed by atoms with Crippen molar-refractivity contribution >= 4 is 29.3 Å². The van der Waals surface area contributed by atoms with Crippen molar-refractivity contribution in [1.82, 2.24) is 20.2 Å². The van der Waals surface area contributed by atoms with Crippen LogP contribution in [0.1, 0.15) is 38.5 Å². The number of hydrogen-bond acceptors (Lipinski definition) is 5. The summed E-state index contributed by atoms with van der Waals surface area (Å²) in [5, 5.41) is 12.4. The Morgan fingerprint density at radius 3 is 2.76 bits per heavy atom. The second-order valence-electron chi connectivity index (χ2n) is 6.23. The molecule has 1 amide bonds. The van der Waals surface area contributed by atoms with Gasteiger partial charge in [0.2, 0.25) is 11.1 Å². The number of halogens is 1. The van der Waals surface area contributed by atoms with Crippen molar-refractivity contribution in [3.8, 4) is 11.4 Å². The fraction of sp³-hybridized carbons (Fsp3) is 0.471. The number of nitrogens with zero attached hydrogens (tertiary/aromatic N) is 3. The summed E-state index contributed by atoms with van der Waals surface area (Å²) in [6.07, 6.45) is 7.06. The number of hydrogen-bond donors (Lipinski definition) is 2. The van der Waals surface area contributed by atoms with Crippen molar-refractivity contribution in [2.24, 2.45) is 0 Å². The maximum absolute atomic E-state index is 12.2. The highest BCUT2D eigenvalue weighted by Crippen LogP contribution is 2.24. The smallest absolute Gasteiger partial charge is 0.230 e. The van der Waals surface area contributed by atoms with E-state index in [-0.39, 0.29) is 11.7 Å². The Morgan fingerprint density at radius 1 is 1.28 bits per heavy atom. The molecule has 1 heterocycles. The fourth-order valence-electron chi connectivity index (χ4n) is 3.02. The minimum atomic E-state index is 0.0178. The summed E-state index contributed by atoms with van der Waals surface area (Å²) in [6.45, 7) is 0. The fourth-order valence-corrected chi connectivity index (χ4v) is 3.88. The second-order valence-corrected chi connectivity index (χ2v) is 7.61. The first kappa shape index (κ1) is 18.1. The summed E-state index contributed by atoms with van der Waals surface area (Å²) in [5.74, 6) is 6.89. The van der Waals surface area contributed by atoms with Crippen molar-refractivity contribution in [3.63, 3.8) is 0 Å². The van der Waals surface area contributed by atoms with Gasteiger partial charge in [-0.25, -0.2) is 4.68 Å². The zero-order valence-corrected chi connectivity index (χ0v) is 15.5. The van der Waals surface area contributed by atoms with Gasteiger partial charge in [-0.2, -0.15) is 0 Å². The van der Waals surface area contributed by atoms with Gasteiger partial charge in [0.1, 0.15) is 0 Å². The molecule has 1 fully saturated rings. The van der Waals surface area contributed by atoms with Crippen molar-refractivity contribution in [3.05, 3.63) is 29.3 Å². The highest BCUT2D eigenvalue weighted by molar-refractivity contribution is 7.99. The molecule has 0 unspecified atom stereocenters. The lowest BCUT2D eigenvalue weighted by Gasteiger charge is -2.15. The topological polar surface area (TPSA) is 85.8 Å². The predicted octanol–water partition coefficient (Wildman–Crippen LogP) is 3.24. The molecule has 1 aliphatic carbocycles. The molecule has 8 heteroatoms. The van der Waals surface area contributed by atoms with Gasteiger partial charge in [0.25, 0.3) is 0 Å². The minimum absolute atomic E-state index is 0.0178. The number of nitrogens with one attached hydrogen (secondary N) is 1. The largest absolute Gasteiger partial charge is 0.353 e. The summed E-state index contributed by atoms with van der Waals surface area (Å²) in [4.78, 5) is 12.2. The van der Waals surface area contributed by atoms with Crippen LogP contribution in [0.15, 0.2) is 29.4 Å². The van der Waals surface area contributed by atoms with Gasteiger partial charge in [-0.05, 0) is 25.0 Å². The van der Waals surface area contributed by atoms with E-state index in [9.17, 15) is 4.79 Å². The highest BCUT2D eigenvalue weighted by Gasteiger charge is 2.17. The minimum Gasteiger partial charge on any atom is -0.353 e. The normalized spacial score (nSPS) is 15.7. The first-order chi connectivity index (χ1) is 12.1. The van der Waals surface area contributed by atoms with Crippen LogP contribution in [-0.4, -0.2) is 32.6 Å². The summed E-state index contributed by atoms with van der Waals surface area (Å²) < 4.78 is 1.40. The van der Waals surface area contributed by atoms with Crippen molar-refractivity contribution in [2.75, 3.05) is 11.6 Å². The molecule has 2 aromatic rings. The first-order valence-electron chi connectivity index (χ1n) is 8.52. The molecule has 1 aromatic heterocycles. The number of rotatable bonds is 5. The van der Waals surface area contributed by atoms with Crippen LogP contribution >= 0.6 is 23.4 Å². The third-order valence-electron chi connectivity index (χ3n) is 4.30. The molecule has 0 saturated heterocycles. The Hall–Kier alpha value is -1.73. The Morgan fingerprint density at radius 2 is 2.04 bits per heavy atom. The van der Waals surface area contributed by atoms with Crippen molar-refractivity contribution in [2.45, 2.75) is 49.7 Å². The average Bonchev–Trinajstić information content (AvgIpc) is 2.79. The summed E-state index contributed by atoms with van der Waals surface area (Å²) >= 11 is 7.29. The zero-order chi connectivity index (χ0) is 17.6. The number of amides is 1. The Kier molecular flexibility index (Phi) is 6.20. The van der Waals surface area contributed by atoms with Gasteiger partial charge < -0.3 is 11.2 Å². The number of benzene rings is 1. The Labute approximate surface area is 156 Å². The molecule has 0 bridgehead atoms. The number of nitrogens with two attached hydrogens (primary N) is 1. The molecule has 0 spiro atoms. The molecule has 1 aromatic carbocycles. The van der Waals surface area contributed by atoms with Gasteiger partial charge in [0.15, 0.2) is 5.82 Å². The molecular weight excluding hydrogens is 358 g/mol. The van der Waals surface area contributed by atoms with Crippen LogP contribution in [0, 0.1) is 0 Å². The lowest BCUT2D eigenvalue weighted by Crippen LogP contribution is -2.35. The van der Waals surface area contributed by atoms with E-state index in [1.807, 2.05) is 12.1 Å². The molecule has 6 nitrogen and oxygen atoms in total. The van der Waals surface area contributed by atoms with Gasteiger partial charge in [-0.15, -0.1) is 10.2 Å². The molecule has 1 aliphatic rings. The molecule has 0 radical (unpaired) electrons. The summed E-state index contributed by atoms with van der Waals surface area (Å²) in [7, 11) is 0. The number of thioether (sulfide) groups is 1. The number of aromatic nitrogens is 3. The maximum Gasteiger partial charge on any atom is 0.230 e. The molecule has 25 heavy (non-hydrogen) atoms. The van der Waals surface area contributed by atoms with Crippen LogP contribution in [0.3, 0.4) is 0 Å². The molecule has 1 saturated carbocycles. The summed E-state index contributed by atoms with van der Waals surface area (Å²) in [5.41, 5.74) is 0.789. The SMILES string of the molecule is Nn1c(SCC(=O)NC2CCCCCC2)nnc1-c1cccc(Cl)c1.